The molecule has 0 N–H and O–H groups in total. The predicted octanol–water partition coefficient (Wildman–Crippen LogP) is 2.37. The first-order valence-corrected chi connectivity index (χ1v) is 2.93. The monoisotopic (exact) mass is 108 g/mol. The van der Waals surface area contributed by atoms with Gasteiger partial charge in [-0.2, -0.15) is 0 Å². The Labute approximate surface area is 51.6 Å². The fourth-order valence-corrected chi connectivity index (χ4v) is 0.609. The number of hydrogen-bond donors (Lipinski definition) is 0. The molecule has 0 aliphatic heterocycles. The van der Waals surface area contributed by atoms with Crippen molar-refractivity contribution in [3.05, 3.63) is 11.6 Å². The second kappa shape index (κ2) is 4.46. The van der Waals surface area contributed by atoms with Crippen LogP contribution < -0.4 is 0 Å². The van der Waals surface area contributed by atoms with E-state index in [-0.39, 0.29) is 0 Å². The lowest BCUT2D eigenvalue weighted by atomic mass is 10.2. The first kappa shape index (κ1) is 7.30. The Bertz CT molecular complexity index is 112. The van der Waals surface area contributed by atoms with Crippen LogP contribution in [-0.4, -0.2) is 0 Å². The minimum Gasteiger partial charge on any atom is -0.115 e. The van der Waals surface area contributed by atoms with Crippen molar-refractivity contribution in [3.63, 3.8) is 0 Å². The van der Waals surface area contributed by atoms with E-state index in [2.05, 4.69) is 19.8 Å². The highest BCUT2D eigenvalue weighted by Gasteiger charge is 1.81. The van der Waals surface area contributed by atoms with Gasteiger partial charge < -0.3 is 0 Å². The number of rotatable bonds is 2. The molecular formula is C8H12. The maximum atomic E-state index is 5.03. The Morgan fingerprint density at radius 3 is 2.75 bits per heavy atom. The van der Waals surface area contributed by atoms with Gasteiger partial charge in [0.1, 0.15) is 0 Å². The molecule has 0 aliphatic carbocycles. The molecule has 0 aromatic carbocycles. The molecule has 0 heterocycles. The highest BCUT2D eigenvalue weighted by molar-refractivity contribution is 5.15. The minimum absolute atomic E-state index is 1.13. The van der Waals surface area contributed by atoms with Crippen molar-refractivity contribution in [3.8, 4) is 12.3 Å². The molecule has 0 radical (unpaired) electrons. The Morgan fingerprint density at radius 2 is 2.38 bits per heavy atom. The van der Waals surface area contributed by atoms with Gasteiger partial charge in [-0.3, -0.25) is 0 Å². The van der Waals surface area contributed by atoms with Crippen LogP contribution in [0.5, 0.6) is 0 Å². The molecule has 0 saturated carbocycles. The topological polar surface area (TPSA) is 0 Å². The van der Waals surface area contributed by atoms with Gasteiger partial charge in [-0.1, -0.05) is 24.8 Å². The molecule has 0 unspecified atom stereocenters. The average molecular weight is 108 g/mol. The van der Waals surface area contributed by atoms with Gasteiger partial charge in [0.15, 0.2) is 0 Å². The van der Waals surface area contributed by atoms with Gasteiger partial charge in [0, 0.05) is 0 Å². The van der Waals surface area contributed by atoms with Crippen molar-refractivity contribution < 1.29 is 0 Å². The average Bonchev–Trinajstić information content (AvgIpc) is 1.68. The summed E-state index contributed by atoms with van der Waals surface area (Å²) in [6.07, 6.45) is 9.17. The van der Waals surface area contributed by atoms with E-state index < -0.39 is 0 Å². The smallest absolute Gasteiger partial charge is 0.0132 e. The number of hydrogen-bond acceptors (Lipinski definition) is 0. The molecule has 0 aromatic rings. The normalized spacial score (nSPS) is 10.9. The number of terminal acetylenes is 1. The fraction of sp³-hybridized carbons (Fsp3) is 0.500. The van der Waals surface area contributed by atoms with E-state index in [1.165, 1.54) is 12.0 Å². The van der Waals surface area contributed by atoms with Crippen LogP contribution in [-0.2, 0) is 0 Å². The van der Waals surface area contributed by atoms with E-state index in [1.807, 2.05) is 6.08 Å². The third-order valence-electron chi connectivity index (χ3n) is 0.974. The molecule has 0 aliphatic rings. The summed E-state index contributed by atoms with van der Waals surface area (Å²) >= 11 is 0. The van der Waals surface area contributed by atoms with E-state index in [1.54, 1.807) is 0 Å². The van der Waals surface area contributed by atoms with Crippen LogP contribution in [0.15, 0.2) is 11.6 Å². The van der Waals surface area contributed by atoms with Crippen LogP contribution in [0.2, 0.25) is 0 Å². The summed E-state index contributed by atoms with van der Waals surface area (Å²) in [5.74, 6) is 2.49. The van der Waals surface area contributed by atoms with Gasteiger partial charge in [0.2, 0.25) is 0 Å². The van der Waals surface area contributed by atoms with E-state index in [9.17, 15) is 0 Å². The summed E-state index contributed by atoms with van der Waals surface area (Å²) in [4.78, 5) is 0. The lowest BCUT2D eigenvalue weighted by molar-refractivity contribution is 0.906. The van der Waals surface area contributed by atoms with Crippen LogP contribution in [0.25, 0.3) is 0 Å². The molecule has 0 rings (SSSR count). The third-order valence-corrected chi connectivity index (χ3v) is 0.974. The van der Waals surface area contributed by atoms with Crippen molar-refractivity contribution in [2.24, 2.45) is 0 Å². The van der Waals surface area contributed by atoms with E-state index in [4.69, 9.17) is 6.42 Å². The lowest BCUT2D eigenvalue weighted by Crippen LogP contribution is -1.71. The third kappa shape index (κ3) is 3.49. The first-order chi connectivity index (χ1) is 3.81. The molecule has 44 valence electrons. The lowest BCUT2D eigenvalue weighted by Gasteiger charge is -1.90. The predicted molar refractivity (Wildman–Crippen MR) is 37.5 cm³/mol. The molecule has 0 saturated heterocycles. The summed E-state index contributed by atoms with van der Waals surface area (Å²) < 4.78 is 0. The van der Waals surface area contributed by atoms with Gasteiger partial charge in [-0.05, 0) is 19.4 Å². The Kier molecular flexibility index (Phi) is 4.07. The maximum Gasteiger partial charge on any atom is -0.0132 e. The Hall–Kier alpha value is -0.700. The quantitative estimate of drug-likeness (QED) is 0.476. The van der Waals surface area contributed by atoms with Crippen molar-refractivity contribution in [1.82, 2.24) is 0 Å². The number of allylic oxidation sites excluding steroid dienone is 2. The highest BCUT2D eigenvalue weighted by atomic mass is 13.9. The van der Waals surface area contributed by atoms with Gasteiger partial charge in [-0.15, -0.1) is 6.42 Å². The van der Waals surface area contributed by atoms with E-state index in [0.717, 1.165) is 6.42 Å². The summed E-state index contributed by atoms with van der Waals surface area (Å²) in [6, 6.07) is 0. The second-order valence-corrected chi connectivity index (χ2v) is 1.91. The zero-order valence-corrected chi connectivity index (χ0v) is 5.57. The zero-order chi connectivity index (χ0) is 6.41. The van der Waals surface area contributed by atoms with Gasteiger partial charge in [0.05, 0.1) is 0 Å². The highest BCUT2D eigenvalue weighted by Crippen LogP contribution is 2.00. The SMILES string of the molecule is C#C/C=C(\C)CCC. The zero-order valence-electron chi connectivity index (χ0n) is 5.57. The van der Waals surface area contributed by atoms with Crippen molar-refractivity contribution >= 4 is 0 Å². The molecule has 0 bridgehead atoms. The van der Waals surface area contributed by atoms with Crippen LogP contribution >= 0.6 is 0 Å². The molecule has 8 heavy (non-hydrogen) atoms. The molecule has 0 heteroatoms. The summed E-state index contributed by atoms with van der Waals surface area (Å²) in [6.45, 7) is 4.21. The van der Waals surface area contributed by atoms with Crippen LogP contribution in [0, 0.1) is 12.3 Å². The molecular weight excluding hydrogens is 96.1 g/mol. The van der Waals surface area contributed by atoms with Crippen molar-refractivity contribution in [2.75, 3.05) is 0 Å². The van der Waals surface area contributed by atoms with Gasteiger partial charge >= 0.3 is 0 Å². The fourth-order valence-electron chi connectivity index (χ4n) is 0.609. The standard InChI is InChI=1S/C8H12/c1-4-6-8(3)7-5-2/h1,6H,5,7H2,2-3H3/b8-6+. The first-order valence-electron chi connectivity index (χ1n) is 2.93. The molecule has 0 nitrogen and oxygen atoms in total. The molecule has 0 spiro atoms. The molecule has 0 atom stereocenters. The van der Waals surface area contributed by atoms with Gasteiger partial charge in [-0.25, -0.2) is 0 Å². The molecule has 0 aromatic heterocycles. The van der Waals surface area contributed by atoms with Gasteiger partial charge in [0.25, 0.3) is 0 Å². The Morgan fingerprint density at radius 1 is 1.75 bits per heavy atom. The summed E-state index contributed by atoms with van der Waals surface area (Å²) in [5, 5.41) is 0. The minimum atomic E-state index is 1.13. The second-order valence-electron chi connectivity index (χ2n) is 1.91. The molecule has 0 amide bonds. The van der Waals surface area contributed by atoms with Crippen molar-refractivity contribution in [1.29, 1.82) is 0 Å². The van der Waals surface area contributed by atoms with Crippen LogP contribution in [0.4, 0.5) is 0 Å². The van der Waals surface area contributed by atoms with Crippen molar-refractivity contribution in [2.45, 2.75) is 26.7 Å². The summed E-state index contributed by atoms with van der Waals surface area (Å²) in [7, 11) is 0. The van der Waals surface area contributed by atoms with E-state index >= 15 is 0 Å². The van der Waals surface area contributed by atoms with Crippen LogP contribution in [0.1, 0.15) is 26.7 Å². The Balaban J connectivity index is 3.49. The summed E-state index contributed by atoms with van der Waals surface area (Å²) in [5.41, 5.74) is 1.30. The van der Waals surface area contributed by atoms with E-state index in [0.29, 0.717) is 0 Å². The van der Waals surface area contributed by atoms with Crippen LogP contribution in [0.3, 0.4) is 0 Å². The largest absolute Gasteiger partial charge is 0.115 e. The molecule has 0 fully saturated rings. The maximum absolute atomic E-state index is 5.03.